The lowest BCUT2D eigenvalue weighted by molar-refractivity contribution is -0.127. The Morgan fingerprint density at radius 2 is 2.00 bits per heavy atom. The van der Waals surface area contributed by atoms with E-state index in [-0.39, 0.29) is 48.8 Å². The average molecular weight is 404 g/mol. The van der Waals surface area contributed by atoms with E-state index in [9.17, 15) is 4.79 Å². The molecule has 7 heteroatoms. The average Bonchev–Trinajstić information content (AvgIpc) is 2.61. The monoisotopic (exact) mass is 403 g/mol. The van der Waals surface area contributed by atoms with Crippen molar-refractivity contribution < 1.29 is 9.53 Å². The van der Waals surface area contributed by atoms with Gasteiger partial charge in [-0.2, -0.15) is 0 Å². The van der Waals surface area contributed by atoms with Crippen molar-refractivity contribution >= 4 is 30.7 Å². The summed E-state index contributed by atoms with van der Waals surface area (Å²) in [7, 11) is 0. The lowest BCUT2D eigenvalue weighted by atomic mass is 9.85. The van der Waals surface area contributed by atoms with Crippen LogP contribution >= 0.6 is 24.8 Å². The van der Waals surface area contributed by atoms with E-state index in [2.05, 4.69) is 34.5 Å². The van der Waals surface area contributed by atoms with Gasteiger partial charge in [-0.15, -0.1) is 24.8 Å². The number of ether oxygens (including phenoxy) is 1. The summed E-state index contributed by atoms with van der Waals surface area (Å²) < 4.78 is 5.82. The maximum absolute atomic E-state index is 12.3. The number of carbonyl (C=O) groups excluding carboxylic acids is 1. The minimum absolute atomic E-state index is 0. The molecule has 1 aromatic carbocycles. The first-order chi connectivity index (χ1) is 11.7. The van der Waals surface area contributed by atoms with Crippen LogP contribution in [0.1, 0.15) is 31.2 Å². The highest BCUT2D eigenvalue weighted by atomic mass is 35.5. The molecule has 3 unspecified atom stereocenters. The second kappa shape index (κ2) is 11.8. The molecule has 1 saturated carbocycles. The fourth-order valence-corrected chi connectivity index (χ4v) is 3.71. The second-order valence-corrected chi connectivity index (χ2v) is 7.08. The fourth-order valence-electron chi connectivity index (χ4n) is 3.71. The summed E-state index contributed by atoms with van der Waals surface area (Å²) in [5, 5.41) is 3.08. The molecule has 148 valence electrons. The highest BCUT2D eigenvalue weighted by Crippen LogP contribution is 2.23. The molecule has 5 nitrogen and oxygen atoms in total. The molecule has 1 aromatic rings. The minimum Gasteiger partial charge on any atom is -0.374 e. The second-order valence-electron chi connectivity index (χ2n) is 7.08. The van der Waals surface area contributed by atoms with Gasteiger partial charge >= 0.3 is 0 Å². The molecule has 0 radical (unpaired) electrons. The van der Waals surface area contributed by atoms with Crippen LogP contribution in [-0.2, 0) is 16.1 Å². The van der Waals surface area contributed by atoms with Crippen LogP contribution in [0, 0.1) is 5.92 Å². The Morgan fingerprint density at radius 3 is 2.73 bits per heavy atom. The summed E-state index contributed by atoms with van der Waals surface area (Å²) in [6, 6.07) is 10.7. The van der Waals surface area contributed by atoms with E-state index >= 15 is 0 Å². The molecular formula is C19H31Cl2N3O2. The number of morpholine rings is 1. The molecule has 3 rings (SSSR count). The summed E-state index contributed by atoms with van der Waals surface area (Å²) in [6.45, 7) is 4.06. The number of hydrogen-bond donors (Lipinski definition) is 2. The summed E-state index contributed by atoms with van der Waals surface area (Å²) in [6.07, 6.45) is 3.96. The lowest BCUT2D eigenvalue weighted by Gasteiger charge is -2.33. The normalized spacial score (nSPS) is 26.3. The van der Waals surface area contributed by atoms with Gasteiger partial charge in [0.25, 0.3) is 0 Å². The molecule has 1 amide bonds. The van der Waals surface area contributed by atoms with E-state index in [0.29, 0.717) is 6.54 Å². The molecule has 3 atom stereocenters. The summed E-state index contributed by atoms with van der Waals surface area (Å²) in [4.78, 5) is 14.7. The molecule has 0 aromatic heterocycles. The van der Waals surface area contributed by atoms with Crippen LogP contribution in [0.5, 0.6) is 0 Å². The van der Waals surface area contributed by atoms with Gasteiger partial charge in [0.1, 0.15) is 0 Å². The first kappa shape index (κ1) is 23.2. The number of nitrogens with zero attached hydrogens (tertiary/aromatic N) is 1. The van der Waals surface area contributed by atoms with Crippen molar-refractivity contribution in [1.82, 2.24) is 10.2 Å². The maximum Gasteiger partial charge on any atom is 0.223 e. The van der Waals surface area contributed by atoms with Gasteiger partial charge in [-0.1, -0.05) is 36.8 Å². The van der Waals surface area contributed by atoms with Gasteiger partial charge in [-0.3, -0.25) is 9.69 Å². The number of hydrogen-bond acceptors (Lipinski definition) is 4. The highest BCUT2D eigenvalue weighted by Gasteiger charge is 2.27. The Morgan fingerprint density at radius 1 is 1.23 bits per heavy atom. The van der Waals surface area contributed by atoms with Crippen molar-refractivity contribution in [1.29, 1.82) is 0 Å². The number of carbonyl (C=O) groups is 1. The first-order valence-corrected chi connectivity index (χ1v) is 9.12. The lowest BCUT2D eigenvalue weighted by Crippen LogP contribution is -2.48. The highest BCUT2D eigenvalue weighted by molar-refractivity contribution is 5.85. The molecule has 2 fully saturated rings. The molecule has 1 aliphatic carbocycles. The third kappa shape index (κ3) is 7.05. The minimum atomic E-state index is 0. The van der Waals surface area contributed by atoms with Gasteiger partial charge in [-0.05, 0) is 24.8 Å². The van der Waals surface area contributed by atoms with Crippen LogP contribution in [-0.4, -0.2) is 49.2 Å². The quantitative estimate of drug-likeness (QED) is 0.791. The van der Waals surface area contributed by atoms with Crippen LogP contribution in [0.4, 0.5) is 0 Å². The largest absolute Gasteiger partial charge is 0.374 e. The molecule has 26 heavy (non-hydrogen) atoms. The molecular weight excluding hydrogens is 373 g/mol. The number of benzene rings is 1. The van der Waals surface area contributed by atoms with Gasteiger partial charge in [0.05, 0.1) is 12.7 Å². The van der Waals surface area contributed by atoms with E-state index in [1.54, 1.807) is 0 Å². The van der Waals surface area contributed by atoms with E-state index in [1.807, 2.05) is 6.07 Å². The van der Waals surface area contributed by atoms with E-state index in [0.717, 1.165) is 51.9 Å². The standard InChI is InChI=1S/C19H29N3O2.2ClH/c20-17-8-4-7-16(11-17)19(23)21-12-18-14-22(9-10-24-18)13-15-5-2-1-3-6-15;;/h1-3,5-6,16-18H,4,7-14,20H2,(H,21,23);2*1H. The number of halogens is 2. The zero-order valence-corrected chi connectivity index (χ0v) is 16.8. The third-order valence-electron chi connectivity index (χ3n) is 5.06. The molecule has 3 N–H and O–H groups in total. The van der Waals surface area contributed by atoms with Crippen molar-refractivity contribution in [3.05, 3.63) is 35.9 Å². The Kier molecular flexibility index (Phi) is 10.5. The molecule has 1 aliphatic heterocycles. The molecule has 0 spiro atoms. The van der Waals surface area contributed by atoms with Gasteiger partial charge in [0.15, 0.2) is 0 Å². The SMILES string of the molecule is Cl.Cl.NC1CCCC(C(=O)NCC2CN(Cc3ccccc3)CCO2)C1. The van der Waals surface area contributed by atoms with Crippen LogP contribution in [0.2, 0.25) is 0 Å². The van der Waals surface area contributed by atoms with Crippen molar-refractivity contribution in [2.45, 2.75) is 44.4 Å². The van der Waals surface area contributed by atoms with Gasteiger partial charge < -0.3 is 15.8 Å². The van der Waals surface area contributed by atoms with Crippen LogP contribution in [0.15, 0.2) is 30.3 Å². The fraction of sp³-hybridized carbons (Fsp3) is 0.632. The summed E-state index contributed by atoms with van der Waals surface area (Å²) in [5.41, 5.74) is 7.30. The zero-order chi connectivity index (χ0) is 16.8. The van der Waals surface area contributed by atoms with E-state index in [4.69, 9.17) is 10.5 Å². The van der Waals surface area contributed by atoms with Crippen molar-refractivity contribution in [2.24, 2.45) is 11.7 Å². The zero-order valence-electron chi connectivity index (χ0n) is 15.1. The molecule has 1 saturated heterocycles. The van der Waals surface area contributed by atoms with Crippen LogP contribution in [0.25, 0.3) is 0 Å². The van der Waals surface area contributed by atoms with Crippen molar-refractivity contribution in [3.63, 3.8) is 0 Å². The van der Waals surface area contributed by atoms with Gasteiger partial charge in [-0.25, -0.2) is 0 Å². The predicted octanol–water partition coefficient (Wildman–Crippen LogP) is 2.36. The first-order valence-electron chi connectivity index (χ1n) is 9.12. The molecule has 0 bridgehead atoms. The van der Waals surface area contributed by atoms with E-state index in [1.165, 1.54) is 5.56 Å². The smallest absolute Gasteiger partial charge is 0.223 e. The Labute approximate surface area is 168 Å². The van der Waals surface area contributed by atoms with Crippen molar-refractivity contribution in [3.8, 4) is 0 Å². The Bertz CT molecular complexity index is 533. The number of rotatable bonds is 5. The topological polar surface area (TPSA) is 67.6 Å². The van der Waals surface area contributed by atoms with Crippen molar-refractivity contribution in [2.75, 3.05) is 26.2 Å². The summed E-state index contributed by atoms with van der Waals surface area (Å²) >= 11 is 0. The summed E-state index contributed by atoms with van der Waals surface area (Å²) in [5.74, 6) is 0.228. The maximum atomic E-state index is 12.3. The van der Waals surface area contributed by atoms with Gasteiger partial charge in [0.2, 0.25) is 5.91 Å². The number of nitrogens with one attached hydrogen (secondary N) is 1. The van der Waals surface area contributed by atoms with E-state index < -0.39 is 0 Å². The van der Waals surface area contributed by atoms with Crippen LogP contribution < -0.4 is 11.1 Å². The predicted molar refractivity (Wildman–Crippen MR) is 109 cm³/mol. The molecule has 1 heterocycles. The third-order valence-corrected chi connectivity index (χ3v) is 5.06. The molecule has 2 aliphatic rings. The number of amides is 1. The Hall–Kier alpha value is -0.850. The Balaban J connectivity index is 0.00000169. The van der Waals surface area contributed by atoms with Gasteiger partial charge in [0, 0.05) is 38.1 Å². The van der Waals surface area contributed by atoms with Crippen LogP contribution in [0.3, 0.4) is 0 Å². The number of nitrogens with two attached hydrogens (primary N) is 1.